The number of para-hydroxylation sites is 1. The summed E-state index contributed by atoms with van der Waals surface area (Å²) < 4.78 is 0. The van der Waals surface area contributed by atoms with Gasteiger partial charge >= 0.3 is 0 Å². The number of anilines is 1. The van der Waals surface area contributed by atoms with Gasteiger partial charge in [0.15, 0.2) is 0 Å². The van der Waals surface area contributed by atoms with Gasteiger partial charge in [-0.05, 0) is 56.2 Å². The highest BCUT2D eigenvalue weighted by Gasteiger charge is 2.09. The normalized spacial score (nSPS) is 14.7. The summed E-state index contributed by atoms with van der Waals surface area (Å²) in [5.41, 5.74) is 3.72. The number of hydrogen-bond acceptors (Lipinski definition) is 2. The zero-order valence-electron chi connectivity index (χ0n) is 14.5. The minimum atomic E-state index is 0.0856. The molecule has 126 valence electrons. The van der Waals surface area contributed by atoms with Crippen LogP contribution in [-0.4, -0.2) is 19.0 Å². The van der Waals surface area contributed by atoms with Crippen LogP contribution >= 0.6 is 0 Å². The van der Waals surface area contributed by atoms with Gasteiger partial charge in [0.1, 0.15) is 0 Å². The van der Waals surface area contributed by atoms with Crippen molar-refractivity contribution in [3.05, 3.63) is 41.5 Å². The van der Waals surface area contributed by atoms with Gasteiger partial charge in [-0.1, -0.05) is 43.7 Å². The van der Waals surface area contributed by atoms with Crippen LogP contribution < -0.4 is 10.6 Å². The van der Waals surface area contributed by atoms with Crippen molar-refractivity contribution in [3.63, 3.8) is 0 Å². The van der Waals surface area contributed by atoms with Gasteiger partial charge in [-0.25, -0.2) is 0 Å². The predicted octanol–water partition coefficient (Wildman–Crippen LogP) is 4.62. The van der Waals surface area contributed by atoms with E-state index >= 15 is 0 Å². The van der Waals surface area contributed by atoms with Gasteiger partial charge in [-0.15, -0.1) is 0 Å². The molecule has 0 saturated heterocycles. The molecule has 1 aromatic carbocycles. The zero-order valence-corrected chi connectivity index (χ0v) is 14.5. The molecule has 0 radical (unpaired) electrons. The number of nitrogens with one attached hydrogen (secondary N) is 2. The molecule has 0 bridgehead atoms. The molecule has 2 rings (SSSR count). The molecular formula is C20H30N2O. The van der Waals surface area contributed by atoms with Crippen LogP contribution in [0, 0.1) is 0 Å². The molecule has 1 aliphatic rings. The van der Waals surface area contributed by atoms with Gasteiger partial charge < -0.3 is 10.6 Å². The molecule has 3 nitrogen and oxygen atoms in total. The fourth-order valence-electron chi connectivity index (χ4n) is 3.03. The highest BCUT2D eigenvalue weighted by molar-refractivity contribution is 5.91. The monoisotopic (exact) mass is 314 g/mol. The molecule has 2 N–H and O–H groups in total. The summed E-state index contributed by atoms with van der Waals surface area (Å²) in [6, 6.07) is 8.05. The number of carbonyl (C=O) groups excluding carboxylic acids is 1. The molecule has 0 spiro atoms. The van der Waals surface area contributed by atoms with Crippen LogP contribution in [-0.2, 0) is 4.79 Å². The number of benzene rings is 1. The van der Waals surface area contributed by atoms with Crippen molar-refractivity contribution >= 4 is 11.6 Å². The third-order valence-electron chi connectivity index (χ3n) is 4.39. The van der Waals surface area contributed by atoms with E-state index in [1.165, 1.54) is 31.2 Å². The summed E-state index contributed by atoms with van der Waals surface area (Å²) in [4.78, 5) is 12.1. The molecule has 3 heteroatoms. The lowest BCUT2D eigenvalue weighted by atomic mass is 9.97. The van der Waals surface area contributed by atoms with E-state index in [9.17, 15) is 4.79 Å². The van der Waals surface area contributed by atoms with Crippen LogP contribution in [0.1, 0.15) is 63.9 Å². The first-order valence-corrected chi connectivity index (χ1v) is 8.94. The first-order chi connectivity index (χ1) is 11.2. The fraction of sp³-hybridized carbons (Fsp3) is 0.550. The standard InChI is InChI=1S/C20H30N2O/c1-16(2)18-10-6-7-11-19(18)22-20(23)13-15-21-14-12-17-8-4-3-5-9-17/h6-8,10-11,16,21H,3-5,9,12-15H2,1-2H3,(H,22,23). The Labute approximate surface area is 140 Å². The van der Waals surface area contributed by atoms with Gasteiger partial charge in [0.2, 0.25) is 5.91 Å². The predicted molar refractivity (Wildman–Crippen MR) is 97.8 cm³/mol. The Hall–Kier alpha value is -1.61. The van der Waals surface area contributed by atoms with Crippen LogP contribution in [0.3, 0.4) is 0 Å². The summed E-state index contributed by atoms with van der Waals surface area (Å²) >= 11 is 0. The van der Waals surface area contributed by atoms with Gasteiger partial charge in [0.05, 0.1) is 0 Å². The molecule has 0 atom stereocenters. The maximum atomic E-state index is 12.1. The summed E-state index contributed by atoms with van der Waals surface area (Å²) in [5, 5.41) is 6.43. The summed E-state index contributed by atoms with van der Waals surface area (Å²) in [5.74, 6) is 0.496. The smallest absolute Gasteiger partial charge is 0.225 e. The van der Waals surface area contributed by atoms with Gasteiger partial charge in [0, 0.05) is 18.7 Å². The number of carbonyl (C=O) groups is 1. The second-order valence-corrected chi connectivity index (χ2v) is 6.65. The largest absolute Gasteiger partial charge is 0.326 e. The molecule has 23 heavy (non-hydrogen) atoms. The highest BCUT2D eigenvalue weighted by Crippen LogP contribution is 2.23. The molecule has 0 heterocycles. The van der Waals surface area contributed by atoms with Crippen molar-refractivity contribution < 1.29 is 4.79 Å². The summed E-state index contributed by atoms with van der Waals surface area (Å²) in [7, 11) is 0. The van der Waals surface area contributed by atoms with Crippen molar-refractivity contribution in [1.82, 2.24) is 5.32 Å². The Morgan fingerprint density at radius 3 is 2.74 bits per heavy atom. The van der Waals surface area contributed by atoms with Gasteiger partial charge in [0.25, 0.3) is 0 Å². The number of rotatable bonds is 8. The van der Waals surface area contributed by atoms with Crippen LogP contribution in [0.15, 0.2) is 35.9 Å². The highest BCUT2D eigenvalue weighted by atomic mass is 16.1. The van der Waals surface area contributed by atoms with E-state index in [0.717, 1.165) is 25.2 Å². The van der Waals surface area contributed by atoms with Crippen molar-refractivity contribution in [3.8, 4) is 0 Å². The summed E-state index contributed by atoms with van der Waals surface area (Å²) in [6.45, 7) is 6.00. The molecule has 0 fully saturated rings. The van der Waals surface area contributed by atoms with Crippen molar-refractivity contribution in [1.29, 1.82) is 0 Å². The first-order valence-electron chi connectivity index (χ1n) is 8.94. The molecule has 1 amide bonds. The lowest BCUT2D eigenvalue weighted by Crippen LogP contribution is -2.23. The fourth-order valence-corrected chi connectivity index (χ4v) is 3.03. The lowest BCUT2D eigenvalue weighted by Gasteiger charge is -2.14. The van der Waals surface area contributed by atoms with E-state index in [1.54, 1.807) is 5.57 Å². The second-order valence-electron chi connectivity index (χ2n) is 6.65. The van der Waals surface area contributed by atoms with E-state index < -0.39 is 0 Å². The van der Waals surface area contributed by atoms with E-state index in [0.29, 0.717) is 12.3 Å². The number of amides is 1. The minimum absolute atomic E-state index is 0.0856. The third-order valence-corrected chi connectivity index (χ3v) is 4.39. The molecule has 0 saturated carbocycles. The van der Waals surface area contributed by atoms with E-state index in [1.807, 2.05) is 18.2 Å². The molecule has 0 unspecified atom stereocenters. The van der Waals surface area contributed by atoms with E-state index in [4.69, 9.17) is 0 Å². The van der Waals surface area contributed by atoms with E-state index in [2.05, 4.69) is 36.6 Å². The number of allylic oxidation sites excluding steroid dienone is 1. The van der Waals surface area contributed by atoms with Crippen molar-refractivity contribution in [2.24, 2.45) is 0 Å². The van der Waals surface area contributed by atoms with E-state index in [-0.39, 0.29) is 5.91 Å². The molecule has 0 aliphatic heterocycles. The van der Waals surface area contributed by atoms with Crippen molar-refractivity contribution in [2.45, 2.75) is 58.3 Å². The Morgan fingerprint density at radius 2 is 2.00 bits per heavy atom. The average molecular weight is 314 g/mol. The molecule has 1 aliphatic carbocycles. The summed E-state index contributed by atoms with van der Waals surface area (Å²) in [6.07, 6.45) is 9.21. The average Bonchev–Trinajstić information content (AvgIpc) is 2.56. The lowest BCUT2D eigenvalue weighted by molar-refractivity contribution is -0.116. The molecule has 1 aromatic rings. The zero-order chi connectivity index (χ0) is 16.5. The SMILES string of the molecule is CC(C)c1ccccc1NC(=O)CCNCCC1=CCCCC1. The minimum Gasteiger partial charge on any atom is -0.326 e. The Morgan fingerprint density at radius 1 is 1.17 bits per heavy atom. The van der Waals surface area contributed by atoms with Crippen LogP contribution in [0.2, 0.25) is 0 Å². The Balaban J connectivity index is 1.66. The second kappa shape index (κ2) is 9.51. The first kappa shape index (κ1) is 17.7. The van der Waals surface area contributed by atoms with Crippen LogP contribution in [0.4, 0.5) is 5.69 Å². The maximum absolute atomic E-state index is 12.1. The molecular weight excluding hydrogens is 284 g/mol. The third kappa shape index (κ3) is 6.19. The van der Waals surface area contributed by atoms with Crippen LogP contribution in [0.25, 0.3) is 0 Å². The van der Waals surface area contributed by atoms with Gasteiger partial charge in [-0.3, -0.25) is 4.79 Å². The Kier molecular flexibility index (Phi) is 7.34. The topological polar surface area (TPSA) is 41.1 Å². The maximum Gasteiger partial charge on any atom is 0.225 e. The van der Waals surface area contributed by atoms with Crippen molar-refractivity contribution in [2.75, 3.05) is 18.4 Å². The number of hydrogen-bond donors (Lipinski definition) is 2. The molecule has 0 aromatic heterocycles. The quantitative estimate of drug-likeness (QED) is 0.543. The van der Waals surface area contributed by atoms with Crippen LogP contribution in [0.5, 0.6) is 0 Å². The van der Waals surface area contributed by atoms with Gasteiger partial charge in [-0.2, -0.15) is 0 Å². The Bertz CT molecular complexity index is 534.